The maximum absolute atomic E-state index is 11.6. The lowest BCUT2D eigenvalue weighted by molar-refractivity contribution is 0.0401. The van der Waals surface area contributed by atoms with Crippen LogP contribution in [0.2, 0.25) is 0 Å². The van der Waals surface area contributed by atoms with Crippen molar-refractivity contribution in [3.8, 4) is 11.7 Å². The van der Waals surface area contributed by atoms with Crippen molar-refractivity contribution in [3.05, 3.63) is 46.8 Å². The number of hydrogen-bond acceptors (Lipinski definition) is 7. The molecular weight excluding hydrogens is 332 g/mol. The summed E-state index contributed by atoms with van der Waals surface area (Å²) < 4.78 is 20.9. The summed E-state index contributed by atoms with van der Waals surface area (Å²) >= 11 is 3.10. The molecule has 0 unspecified atom stereocenters. The second kappa shape index (κ2) is 5.33. The minimum atomic E-state index is -0.617. The van der Waals surface area contributed by atoms with E-state index in [1.54, 1.807) is 18.2 Å². The SMILES string of the molecule is O=C(OCc1nnc(-c2ccco2)o1)c1ccc(Br)o1. The predicted molar refractivity (Wildman–Crippen MR) is 67.5 cm³/mol. The van der Waals surface area contributed by atoms with Crippen LogP contribution in [0.1, 0.15) is 16.4 Å². The standard InChI is InChI=1S/C12H7BrN2O5/c13-9-4-3-8(19-9)12(16)18-6-10-14-15-11(20-10)7-2-1-5-17-7/h1-5H,6H2. The van der Waals surface area contributed by atoms with Crippen LogP contribution in [-0.2, 0) is 11.3 Å². The quantitative estimate of drug-likeness (QED) is 0.675. The van der Waals surface area contributed by atoms with Crippen molar-refractivity contribution in [2.24, 2.45) is 0 Å². The zero-order valence-corrected chi connectivity index (χ0v) is 11.5. The third-order valence-electron chi connectivity index (χ3n) is 2.30. The van der Waals surface area contributed by atoms with Crippen LogP contribution in [0.5, 0.6) is 0 Å². The molecule has 0 amide bonds. The number of hydrogen-bond donors (Lipinski definition) is 0. The molecule has 7 nitrogen and oxygen atoms in total. The van der Waals surface area contributed by atoms with Gasteiger partial charge in [-0.3, -0.25) is 0 Å². The Hall–Kier alpha value is -2.35. The maximum atomic E-state index is 11.6. The highest BCUT2D eigenvalue weighted by molar-refractivity contribution is 9.10. The fourth-order valence-electron chi connectivity index (χ4n) is 1.43. The number of nitrogens with zero attached hydrogens (tertiary/aromatic N) is 2. The van der Waals surface area contributed by atoms with E-state index < -0.39 is 5.97 Å². The molecule has 0 fully saturated rings. The van der Waals surface area contributed by atoms with Gasteiger partial charge in [-0.25, -0.2) is 4.79 Å². The minimum absolute atomic E-state index is 0.0858. The Labute approximate surface area is 120 Å². The van der Waals surface area contributed by atoms with Crippen molar-refractivity contribution in [1.29, 1.82) is 0 Å². The van der Waals surface area contributed by atoms with E-state index in [2.05, 4.69) is 26.1 Å². The van der Waals surface area contributed by atoms with Crippen molar-refractivity contribution < 1.29 is 22.8 Å². The minimum Gasteiger partial charge on any atom is -0.459 e. The van der Waals surface area contributed by atoms with E-state index in [-0.39, 0.29) is 24.1 Å². The van der Waals surface area contributed by atoms with E-state index in [9.17, 15) is 4.79 Å². The van der Waals surface area contributed by atoms with Gasteiger partial charge in [0.15, 0.2) is 17.0 Å². The van der Waals surface area contributed by atoms with Gasteiger partial charge in [0.2, 0.25) is 5.76 Å². The number of aromatic nitrogens is 2. The molecule has 0 N–H and O–H groups in total. The molecular formula is C12H7BrN2O5. The maximum Gasteiger partial charge on any atom is 0.374 e. The number of rotatable bonds is 4. The Morgan fingerprint density at radius 3 is 2.85 bits per heavy atom. The molecule has 0 radical (unpaired) electrons. The fraction of sp³-hybridized carbons (Fsp3) is 0.0833. The van der Waals surface area contributed by atoms with Crippen molar-refractivity contribution in [2.45, 2.75) is 6.61 Å². The van der Waals surface area contributed by atoms with E-state index >= 15 is 0 Å². The first kappa shape index (κ1) is 12.7. The topological polar surface area (TPSA) is 91.5 Å². The van der Waals surface area contributed by atoms with Gasteiger partial charge in [0, 0.05) is 0 Å². The van der Waals surface area contributed by atoms with Gasteiger partial charge in [-0.15, -0.1) is 10.2 Å². The van der Waals surface area contributed by atoms with E-state index in [0.717, 1.165) is 0 Å². The third kappa shape index (κ3) is 2.64. The molecule has 0 saturated heterocycles. The first-order valence-electron chi connectivity index (χ1n) is 5.51. The summed E-state index contributed by atoms with van der Waals surface area (Å²) in [6, 6.07) is 6.48. The number of halogens is 1. The zero-order valence-electron chi connectivity index (χ0n) is 9.91. The van der Waals surface area contributed by atoms with E-state index in [1.807, 2.05) is 0 Å². The van der Waals surface area contributed by atoms with Crippen LogP contribution in [0, 0.1) is 0 Å². The molecule has 0 aromatic carbocycles. The smallest absolute Gasteiger partial charge is 0.374 e. The van der Waals surface area contributed by atoms with Crippen LogP contribution >= 0.6 is 15.9 Å². The van der Waals surface area contributed by atoms with Gasteiger partial charge in [0.25, 0.3) is 11.8 Å². The summed E-state index contributed by atoms with van der Waals surface area (Å²) in [5.74, 6) is 0.304. The van der Waals surface area contributed by atoms with Crippen LogP contribution in [-0.4, -0.2) is 16.2 Å². The summed E-state index contributed by atoms with van der Waals surface area (Å²) in [7, 11) is 0. The van der Waals surface area contributed by atoms with E-state index in [1.165, 1.54) is 12.3 Å². The fourth-order valence-corrected chi connectivity index (χ4v) is 1.74. The first-order chi connectivity index (χ1) is 9.72. The molecule has 0 aliphatic rings. The van der Waals surface area contributed by atoms with Gasteiger partial charge in [-0.1, -0.05) is 0 Å². The lowest BCUT2D eigenvalue weighted by atomic mass is 10.4. The summed E-state index contributed by atoms with van der Waals surface area (Å²) in [5, 5.41) is 7.53. The molecule has 0 aliphatic heterocycles. The molecule has 8 heteroatoms. The highest BCUT2D eigenvalue weighted by atomic mass is 79.9. The largest absolute Gasteiger partial charge is 0.459 e. The van der Waals surface area contributed by atoms with Gasteiger partial charge >= 0.3 is 5.97 Å². The molecule has 0 bridgehead atoms. The summed E-state index contributed by atoms with van der Waals surface area (Å²) in [4.78, 5) is 11.6. The van der Waals surface area contributed by atoms with Crippen molar-refractivity contribution >= 4 is 21.9 Å². The Morgan fingerprint density at radius 1 is 1.25 bits per heavy atom. The summed E-state index contributed by atoms with van der Waals surface area (Å²) in [6.45, 7) is -0.148. The van der Waals surface area contributed by atoms with Gasteiger partial charge in [0.1, 0.15) is 0 Å². The monoisotopic (exact) mass is 338 g/mol. The first-order valence-corrected chi connectivity index (χ1v) is 6.30. The Morgan fingerprint density at radius 2 is 2.15 bits per heavy atom. The predicted octanol–water partition coefficient (Wildman–Crippen LogP) is 3.04. The molecule has 3 aromatic heterocycles. The molecule has 0 aliphatic carbocycles. The number of esters is 1. The summed E-state index contributed by atoms with van der Waals surface area (Å²) in [6.07, 6.45) is 1.49. The Bertz CT molecular complexity index is 716. The number of carbonyl (C=O) groups is 1. The molecule has 0 atom stereocenters. The Kier molecular flexibility index (Phi) is 3.38. The third-order valence-corrected chi connectivity index (χ3v) is 2.73. The normalized spacial score (nSPS) is 10.7. The Balaban J connectivity index is 1.63. The van der Waals surface area contributed by atoms with Gasteiger partial charge < -0.3 is 18.0 Å². The molecule has 3 aromatic rings. The lowest BCUT2D eigenvalue weighted by Crippen LogP contribution is -2.04. The lowest BCUT2D eigenvalue weighted by Gasteiger charge is -1.97. The van der Waals surface area contributed by atoms with Crippen LogP contribution in [0.15, 0.2) is 48.4 Å². The van der Waals surface area contributed by atoms with E-state index in [4.69, 9.17) is 18.0 Å². The average Bonchev–Trinajstić information content (AvgIpc) is 3.16. The number of carbonyl (C=O) groups excluding carboxylic acids is 1. The van der Waals surface area contributed by atoms with Crippen molar-refractivity contribution in [3.63, 3.8) is 0 Å². The summed E-state index contributed by atoms with van der Waals surface area (Å²) in [5.41, 5.74) is 0. The molecule has 0 saturated carbocycles. The molecule has 3 rings (SSSR count). The van der Waals surface area contributed by atoms with Gasteiger partial charge in [-0.2, -0.15) is 0 Å². The average molecular weight is 339 g/mol. The van der Waals surface area contributed by atoms with Crippen molar-refractivity contribution in [1.82, 2.24) is 10.2 Å². The number of ether oxygens (including phenoxy) is 1. The van der Waals surface area contributed by atoms with Crippen LogP contribution in [0.4, 0.5) is 0 Å². The van der Waals surface area contributed by atoms with Gasteiger partial charge in [0.05, 0.1) is 6.26 Å². The molecule has 102 valence electrons. The van der Waals surface area contributed by atoms with Crippen LogP contribution in [0.25, 0.3) is 11.7 Å². The second-order valence-corrected chi connectivity index (χ2v) is 4.44. The zero-order chi connectivity index (χ0) is 13.9. The van der Waals surface area contributed by atoms with Crippen molar-refractivity contribution in [2.75, 3.05) is 0 Å². The van der Waals surface area contributed by atoms with E-state index in [0.29, 0.717) is 10.4 Å². The molecule has 0 spiro atoms. The highest BCUT2D eigenvalue weighted by Gasteiger charge is 2.15. The van der Waals surface area contributed by atoms with Gasteiger partial charge in [-0.05, 0) is 40.2 Å². The highest BCUT2D eigenvalue weighted by Crippen LogP contribution is 2.19. The molecule has 20 heavy (non-hydrogen) atoms. The molecule has 3 heterocycles. The van der Waals surface area contributed by atoms with Crippen LogP contribution < -0.4 is 0 Å². The second-order valence-electron chi connectivity index (χ2n) is 3.66. The van der Waals surface area contributed by atoms with Crippen LogP contribution in [0.3, 0.4) is 0 Å². The number of furan rings is 2.